The van der Waals surface area contributed by atoms with Gasteiger partial charge in [-0.1, -0.05) is 48.5 Å². The summed E-state index contributed by atoms with van der Waals surface area (Å²) in [6.45, 7) is 0.776. The van der Waals surface area contributed by atoms with E-state index in [2.05, 4.69) is 34.3 Å². The molecule has 2 aliphatic rings. The van der Waals surface area contributed by atoms with Gasteiger partial charge in [0, 0.05) is 18.7 Å². The third-order valence-electron chi connectivity index (χ3n) is 6.13. The molecule has 1 heterocycles. The van der Waals surface area contributed by atoms with E-state index in [4.69, 9.17) is 4.74 Å². The van der Waals surface area contributed by atoms with Crippen molar-refractivity contribution in [2.24, 2.45) is 0 Å². The van der Waals surface area contributed by atoms with Gasteiger partial charge in [0.25, 0.3) is 10.0 Å². The zero-order valence-electron chi connectivity index (χ0n) is 17.3. The summed E-state index contributed by atoms with van der Waals surface area (Å²) >= 11 is 0. The smallest absolute Gasteiger partial charge is 0.261 e. The normalized spacial score (nSPS) is 19.9. The Balaban J connectivity index is 1.25. The second kappa shape index (κ2) is 8.36. The number of ether oxygens (including phenoxy) is 1. The Morgan fingerprint density at radius 3 is 2.52 bits per heavy atom. The number of aryl methyl sites for hydroxylation is 2. The molecule has 0 radical (unpaired) electrons. The number of benzene rings is 3. The van der Waals surface area contributed by atoms with Crippen molar-refractivity contribution in [3.05, 3.63) is 89.5 Å². The molecule has 0 amide bonds. The van der Waals surface area contributed by atoms with E-state index < -0.39 is 10.0 Å². The van der Waals surface area contributed by atoms with E-state index >= 15 is 0 Å². The van der Waals surface area contributed by atoms with Crippen LogP contribution >= 0.6 is 0 Å². The molecule has 3 aromatic rings. The molecule has 1 aliphatic carbocycles. The van der Waals surface area contributed by atoms with Gasteiger partial charge in [-0.25, -0.2) is 8.42 Å². The van der Waals surface area contributed by atoms with Crippen molar-refractivity contribution in [2.45, 2.75) is 42.7 Å². The van der Waals surface area contributed by atoms with Crippen molar-refractivity contribution in [3.8, 4) is 5.75 Å². The minimum absolute atomic E-state index is 0.0706. The van der Waals surface area contributed by atoms with E-state index in [1.54, 1.807) is 42.5 Å². The Kier molecular flexibility index (Phi) is 5.42. The summed E-state index contributed by atoms with van der Waals surface area (Å²) in [6.07, 6.45) is 4.18. The predicted octanol–water partition coefficient (Wildman–Crippen LogP) is 4.46. The molecule has 0 fully saturated rings. The minimum atomic E-state index is -3.62. The van der Waals surface area contributed by atoms with Crippen molar-refractivity contribution in [3.63, 3.8) is 0 Å². The lowest BCUT2D eigenvalue weighted by Gasteiger charge is -2.28. The number of hydrogen-bond donors (Lipinski definition) is 2. The Labute approximate surface area is 183 Å². The molecule has 0 spiro atoms. The molecule has 6 heteroatoms. The van der Waals surface area contributed by atoms with Crippen molar-refractivity contribution < 1.29 is 13.2 Å². The molecule has 2 unspecified atom stereocenters. The number of nitrogens with one attached hydrogen (secondary N) is 2. The molecule has 2 atom stereocenters. The molecule has 2 N–H and O–H groups in total. The fourth-order valence-corrected chi connectivity index (χ4v) is 5.56. The Morgan fingerprint density at radius 1 is 0.871 bits per heavy atom. The molecule has 160 valence electrons. The zero-order valence-corrected chi connectivity index (χ0v) is 18.1. The van der Waals surface area contributed by atoms with Crippen LogP contribution in [0.2, 0.25) is 0 Å². The molecule has 0 aromatic heterocycles. The standard InChI is InChI=1S/C25H26N2O3S/c28-31(29,22-7-2-1-3-8-22)27-20-13-10-19-11-14-21(30-25(19)16-20)17-26-24-15-12-18-6-4-5-9-23(18)24/h1-10,13,16,21,24,26-27H,11-12,14-15,17H2. The summed E-state index contributed by atoms with van der Waals surface area (Å²) in [5, 5.41) is 3.68. The summed E-state index contributed by atoms with van der Waals surface area (Å²) in [6, 6.07) is 22.9. The second-order valence-electron chi connectivity index (χ2n) is 8.22. The number of anilines is 1. The lowest BCUT2D eigenvalue weighted by Crippen LogP contribution is -2.35. The average Bonchev–Trinajstić information content (AvgIpc) is 3.21. The topological polar surface area (TPSA) is 67.4 Å². The average molecular weight is 435 g/mol. The number of sulfonamides is 1. The van der Waals surface area contributed by atoms with E-state index in [0.717, 1.165) is 43.5 Å². The van der Waals surface area contributed by atoms with Gasteiger partial charge in [0.15, 0.2) is 0 Å². The lowest BCUT2D eigenvalue weighted by atomic mass is 10.0. The van der Waals surface area contributed by atoms with E-state index in [1.807, 2.05) is 6.07 Å². The summed E-state index contributed by atoms with van der Waals surface area (Å²) < 4.78 is 34.2. The third kappa shape index (κ3) is 4.31. The van der Waals surface area contributed by atoms with Gasteiger partial charge in [-0.15, -0.1) is 0 Å². The fourth-order valence-electron chi connectivity index (χ4n) is 4.49. The number of hydrogen-bond acceptors (Lipinski definition) is 4. The molecule has 1 aliphatic heterocycles. The molecule has 0 saturated heterocycles. The number of rotatable bonds is 6. The van der Waals surface area contributed by atoms with Crippen LogP contribution in [0.15, 0.2) is 77.7 Å². The molecule has 5 rings (SSSR count). The van der Waals surface area contributed by atoms with E-state index in [1.165, 1.54) is 11.1 Å². The molecule has 0 bridgehead atoms. The van der Waals surface area contributed by atoms with Gasteiger partial charge in [0.05, 0.1) is 10.6 Å². The van der Waals surface area contributed by atoms with Crippen molar-refractivity contribution in [1.82, 2.24) is 5.32 Å². The van der Waals surface area contributed by atoms with Gasteiger partial charge in [-0.3, -0.25) is 4.72 Å². The maximum Gasteiger partial charge on any atom is 0.261 e. The first-order chi connectivity index (χ1) is 15.1. The van der Waals surface area contributed by atoms with Crippen molar-refractivity contribution in [2.75, 3.05) is 11.3 Å². The molecular weight excluding hydrogens is 408 g/mol. The van der Waals surface area contributed by atoms with E-state index in [9.17, 15) is 8.42 Å². The summed E-state index contributed by atoms with van der Waals surface area (Å²) in [4.78, 5) is 0.243. The van der Waals surface area contributed by atoms with Crippen LogP contribution in [0.5, 0.6) is 5.75 Å². The largest absolute Gasteiger partial charge is 0.489 e. The Hall–Kier alpha value is -2.83. The van der Waals surface area contributed by atoms with Gasteiger partial charge >= 0.3 is 0 Å². The van der Waals surface area contributed by atoms with Crippen molar-refractivity contribution >= 4 is 15.7 Å². The predicted molar refractivity (Wildman–Crippen MR) is 122 cm³/mol. The summed E-state index contributed by atoms with van der Waals surface area (Å²) in [7, 11) is -3.62. The summed E-state index contributed by atoms with van der Waals surface area (Å²) in [5.41, 5.74) is 4.47. The first-order valence-electron chi connectivity index (χ1n) is 10.8. The molecule has 31 heavy (non-hydrogen) atoms. The van der Waals surface area contributed by atoms with Crippen LogP contribution in [0.4, 0.5) is 5.69 Å². The monoisotopic (exact) mass is 434 g/mol. The molecular formula is C25H26N2O3S. The van der Waals surface area contributed by atoms with Crippen LogP contribution in [0.1, 0.15) is 35.6 Å². The highest BCUT2D eigenvalue weighted by molar-refractivity contribution is 7.92. The van der Waals surface area contributed by atoms with Crippen LogP contribution in [-0.2, 0) is 22.9 Å². The van der Waals surface area contributed by atoms with Crippen LogP contribution < -0.4 is 14.8 Å². The van der Waals surface area contributed by atoms with Gasteiger partial charge in [-0.05, 0) is 60.6 Å². The highest BCUT2D eigenvalue weighted by atomic mass is 32.2. The highest BCUT2D eigenvalue weighted by Gasteiger charge is 2.25. The second-order valence-corrected chi connectivity index (χ2v) is 9.90. The Morgan fingerprint density at radius 2 is 1.65 bits per heavy atom. The highest BCUT2D eigenvalue weighted by Crippen LogP contribution is 2.33. The first-order valence-corrected chi connectivity index (χ1v) is 12.3. The van der Waals surface area contributed by atoms with Gasteiger partial charge in [0.2, 0.25) is 0 Å². The minimum Gasteiger partial charge on any atom is -0.489 e. The van der Waals surface area contributed by atoms with Gasteiger partial charge in [0.1, 0.15) is 11.9 Å². The maximum absolute atomic E-state index is 12.6. The first kappa shape index (κ1) is 20.1. The van der Waals surface area contributed by atoms with Crippen LogP contribution in [0.25, 0.3) is 0 Å². The van der Waals surface area contributed by atoms with Gasteiger partial charge in [-0.2, -0.15) is 0 Å². The van der Waals surface area contributed by atoms with Crippen LogP contribution in [-0.4, -0.2) is 21.1 Å². The molecule has 0 saturated carbocycles. The lowest BCUT2D eigenvalue weighted by molar-refractivity contribution is 0.166. The maximum atomic E-state index is 12.6. The molecule has 5 nitrogen and oxygen atoms in total. The van der Waals surface area contributed by atoms with Crippen LogP contribution in [0.3, 0.4) is 0 Å². The third-order valence-corrected chi connectivity index (χ3v) is 7.52. The number of fused-ring (bicyclic) bond motifs is 2. The van der Waals surface area contributed by atoms with Crippen molar-refractivity contribution in [1.29, 1.82) is 0 Å². The van der Waals surface area contributed by atoms with E-state index in [-0.39, 0.29) is 11.0 Å². The molecule has 3 aromatic carbocycles. The SMILES string of the molecule is O=S(=O)(Nc1ccc2c(c1)OC(CNC1CCc3ccccc31)CC2)c1ccccc1. The van der Waals surface area contributed by atoms with E-state index in [0.29, 0.717) is 11.7 Å². The summed E-state index contributed by atoms with van der Waals surface area (Å²) in [5.74, 6) is 0.762. The van der Waals surface area contributed by atoms with Gasteiger partial charge < -0.3 is 10.1 Å². The fraction of sp³-hybridized carbons (Fsp3) is 0.280. The Bertz CT molecular complexity index is 1180. The zero-order chi connectivity index (χ0) is 21.3. The van der Waals surface area contributed by atoms with Crippen LogP contribution in [0, 0.1) is 0 Å². The quantitative estimate of drug-likeness (QED) is 0.601.